The highest BCUT2D eigenvalue weighted by atomic mass is 35.5. The minimum Gasteiger partial charge on any atom is -0.465 e. The van der Waals surface area contributed by atoms with Crippen molar-refractivity contribution in [1.29, 1.82) is 0 Å². The van der Waals surface area contributed by atoms with E-state index in [0.29, 0.717) is 19.6 Å². The number of halogens is 1. The molecular formula is C16H21ClN4O2. The van der Waals surface area contributed by atoms with Gasteiger partial charge < -0.3 is 19.9 Å². The van der Waals surface area contributed by atoms with Crippen molar-refractivity contribution in [3.05, 3.63) is 42.7 Å². The summed E-state index contributed by atoms with van der Waals surface area (Å²) in [4.78, 5) is 17.0. The van der Waals surface area contributed by atoms with Crippen molar-refractivity contribution >= 4 is 18.5 Å². The van der Waals surface area contributed by atoms with Crippen LogP contribution in [0.1, 0.15) is 6.42 Å². The monoisotopic (exact) mass is 336 g/mol. The van der Waals surface area contributed by atoms with Crippen molar-refractivity contribution < 1.29 is 9.90 Å². The first-order valence-corrected chi connectivity index (χ1v) is 7.52. The van der Waals surface area contributed by atoms with Gasteiger partial charge in [-0.1, -0.05) is 30.3 Å². The summed E-state index contributed by atoms with van der Waals surface area (Å²) in [7, 11) is 0. The normalized spacial score (nSPS) is 17.6. The fourth-order valence-corrected chi connectivity index (χ4v) is 2.82. The Balaban J connectivity index is 0.00000192. The molecule has 1 amide bonds. The summed E-state index contributed by atoms with van der Waals surface area (Å²) in [6, 6.07) is 10.3. The van der Waals surface area contributed by atoms with Crippen LogP contribution in [-0.4, -0.2) is 51.3 Å². The SMILES string of the molecule is Cl.O=C(O)N1CCN[C@H](CCn2ccnc2-c2ccccc2)C1. The average molecular weight is 337 g/mol. The minimum atomic E-state index is -0.834. The van der Waals surface area contributed by atoms with Crippen molar-refractivity contribution in [2.45, 2.75) is 19.0 Å². The second-order valence-electron chi connectivity index (χ2n) is 5.48. The lowest BCUT2D eigenvalue weighted by molar-refractivity contribution is 0.127. The van der Waals surface area contributed by atoms with Gasteiger partial charge in [0.25, 0.3) is 0 Å². The molecule has 124 valence electrons. The lowest BCUT2D eigenvalue weighted by atomic mass is 10.1. The Bertz CT molecular complexity index is 632. The van der Waals surface area contributed by atoms with Crippen molar-refractivity contribution in [3.8, 4) is 11.4 Å². The Hall–Kier alpha value is -2.05. The molecule has 1 aliphatic heterocycles. The number of amides is 1. The third kappa shape index (κ3) is 4.24. The lowest BCUT2D eigenvalue weighted by Gasteiger charge is -2.32. The van der Waals surface area contributed by atoms with Gasteiger partial charge in [-0.3, -0.25) is 0 Å². The van der Waals surface area contributed by atoms with Crippen molar-refractivity contribution in [2.75, 3.05) is 19.6 Å². The molecule has 1 atom stereocenters. The molecule has 2 aromatic rings. The Morgan fingerprint density at radius 3 is 2.87 bits per heavy atom. The maximum absolute atomic E-state index is 11.1. The van der Waals surface area contributed by atoms with E-state index < -0.39 is 6.09 Å². The van der Waals surface area contributed by atoms with E-state index >= 15 is 0 Å². The summed E-state index contributed by atoms with van der Waals surface area (Å²) in [6.45, 7) is 2.64. The molecule has 1 aromatic heterocycles. The standard InChI is InChI=1S/C16H20N4O2.ClH/c21-16(22)20-11-7-17-14(12-20)6-9-19-10-8-18-15(19)13-4-2-1-3-5-13;/h1-5,8,10,14,17H,6-7,9,11-12H2,(H,21,22);1H/t14-;/m1./s1. The van der Waals surface area contributed by atoms with Crippen molar-refractivity contribution in [3.63, 3.8) is 0 Å². The molecule has 1 fully saturated rings. The molecule has 0 bridgehead atoms. The van der Waals surface area contributed by atoms with Crippen LogP contribution in [0.25, 0.3) is 11.4 Å². The number of hydrogen-bond donors (Lipinski definition) is 2. The summed E-state index contributed by atoms with van der Waals surface area (Å²) in [5, 5.41) is 12.5. The number of piperazine rings is 1. The second kappa shape index (κ2) is 7.99. The highest BCUT2D eigenvalue weighted by molar-refractivity contribution is 5.85. The maximum Gasteiger partial charge on any atom is 0.407 e. The van der Waals surface area contributed by atoms with Crippen LogP contribution in [0.2, 0.25) is 0 Å². The van der Waals surface area contributed by atoms with Gasteiger partial charge in [-0.25, -0.2) is 9.78 Å². The van der Waals surface area contributed by atoms with Crippen LogP contribution in [0.15, 0.2) is 42.7 Å². The number of benzene rings is 1. The summed E-state index contributed by atoms with van der Waals surface area (Å²) in [5.41, 5.74) is 1.09. The van der Waals surface area contributed by atoms with E-state index in [4.69, 9.17) is 5.11 Å². The topological polar surface area (TPSA) is 70.4 Å². The smallest absolute Gasteiger partial charge is 0.407 e. The number of nitrogens with one attached hydrogen (secondary N) is 1. The van der Waals surface area contributed by atoms with Gasteiger partial charge >= 0.3 is 6.09 Å². The minimum absolute atomic E-state index is 0. The Kier molecular flexibility index (Phi) is 6.01. The number of carbonyl (C=O) groups is 1. The molecule has 3 rings (SSSR count). The highest BCUT2D eigenvalue weighted by Gasteiger charge is 2.22. The van der Waals surface area contributed by atoms with Crippen LogP contribution in [0, 0.1) is 0 Å². The molecule has 1 saturated heterocycles. The maximum atomic E-state index is 11.1. The van der Waals surface area contributed by atoms with Crippen molar-refractivity contribution in [2.24, 2.45) is 0 Å². The number of nitrogens with zero attached hydrogens (tertiary/aromatic N) is 3. The number of carboxylic acid groups (broad SMARTS) is 1. The summed E-state index contributed by atoms with van der Waals surface area (Å²) in [5.74, 6) is 0.950. The first-order valence-electron chi connectivity index (χ1n) is 7.52. The molecule has 0 unspecified atom stereocenters. The number of aryl methyl sites for hydroxylation is 1. The number of imidazole rings is 1. The van der Waals surface area contributed by atoms with Gasteiger partial charge in [-0.15, -0.1) is 12.4 Å². The van der Waals surface area contributed by atoms with E-state index in [0.717, 1.165) is 24.4 Å². The molecule has 0 spiro atoms. The second-order valence-corrected chi connectivity index (χ2v) is 5.48. The van der Waals surface area contributed by atoms with Gasteiger partial charge in [0.2, 0.25) is 0 Å². The third-order valence-electron chi connectivity index (χ3n) is 3.99. The molecule has 2 heterocycles. The van der Waals surface area contributed by atoms with Crippen LogP contribution in [0.4, 0.5) is 4.79 Å². The van der Waals surface area contributed by atoms with E-state index in [9.17, 15) is 4.79 Å². The predicted octanol–water partition coefficient (Wildman–Crippen LogP) is 2.31. The van der Waals surface area contributed by atoms with Gasteiger partial charge in [0.1, 0.15) is 5.82 Å². The summed E-state index contributed by atoms with van der Waals surface area (Å²) < 4.78 is 2.12. The van der Waals surface area contributed by atoms with Crippen LogP contribution in [-0.2, 0) is 6.54 Å². The zero-order chi connectivity index (χ0) is 15.4. The molecule has 6 nitrogen and oxygen atoms in total. The van der Waals surface area contributed by atoms with E-state index in [1.807, 2.05) is 36.5 Å². The van der Waals surface area contributed by atoms with E-state index in [-0.39, 0.29) is 18.4 Å². The Morgan fingerprint density at radius 2 is 2.13 bits per heavy atom. The average Bonchev–Trinajstić information content (AvgIpc) is 3.02. The predicted molar refractivity (Wildman–Crippen MR) is 90.9 cm³/mol. The molecule has 1 aliphatic rings. The number of rotatable bonds is 4. The van der Waals surface area contributed by atoms with Gasteiger partial charge in [-0.2, -0.15) is 0 Å². The fourth-order valence-electron chi connectivity index (χ4n) is 2.82. The van der Waals surface area contributed by atoms with E-state index in [2.05, 4.69) is 14.9 Å². The molecule has 23 heavy (non-hydrogen) atoms. The molecular weight excluding hydrogens is 316 g/mol. The molecule has 7 heteroatoms. The van der Waals surface area contributed by atoms with E-state index in [1.54, 1.807) is 6.20 Å². The van der Waals surface area contributed by atoms with Gasteiger partial charge in [0.15, 0.2) is 0 Å². The zero-order valence-electron chi connectivity index (χ0n) is 12.8. The Labute approximate surface area is 141 Å². The first kappa shape index (κ1) is 17.3. The molecule has 2 N–H and O–H groups in total. The fraction of sp³-hybridized carbons (Fsp3) is 0.375. The van der Waals surface area contributed by atoms with Crippen LogP contribution in [0.3, 0.4) is 0 Å². The summed E-state index contributed by atoms with van der Waals surface area (Å²) in [6.07, 6.45) is 3.82. The largest absolute Gasteiger partial charge is 0.465 e. The highest BCUT2D eigenvalue weighted by Crippen LogP contribution is 2.17. The first-order chi connectivity index (χ1) is 10.7. The number of hydrogen-bond acceptors (Lipinski definition) is 3. The lowest BCUT2D eigenvalue weighted by Crippen LogP contribution is -2.52. The van der Waals surface area contributed by atoms with Gasteiger partial charge in [0, 0.05) is 50.2 Å². The summed E-state index contributed by atoms with van der Waals surface area (Å²) >= 11 is 0. The van der Waals surface area contributed by atoms with Crippen molar-refractivity contribution in [1.82, 2.24) is 19.8 Å². The van der Waals surface area contributed by atoms with Crippen LogP contribution < -0.4 is 5.32 Å². The van der Waals surface area contributed by atoms with Crippen LogP contribution >= 0.6 is 12.4 Å². The third-order valence-corrected chi connectivity index (χ3v) is 3.99. The Morgan fingerprint density at radius 1 is 1.35 bits per heavy atom. The van der Waals surface area contributed by atoms with Crippen LogP contribution in [0.5, 0.6) is 0 Å². The quantitative estimate of drug-likeness (QED) is 0.899. The van der Waals surface area contributed by atoms with Gasteiger partial charge in [0.05, 0.1) is 0 Å². The molecule has 0 aliphatic carbocycles. The molecule has 0 saturated carbocycles. The van der Waals surface area contributed by atoms with Gasteiger partial charge in [-0.05, 0) is 6.42 Å². The molecule has 1 aromatic carbocycles. The van der Waals surface area contributed by atoms with E-state index in [1.165, 1.54) is 4.90 Å². The molecule has 0 radical (unpaired) electrons. The zero-order valence-corrected chi connectivity index (χ0v) is 13.6. The number of aromatic nitrogens is 2.